The third-order valence-corrected chi connectivity index (χ3v) is 5.11. The van der Waals surface area contributed by atoms with Crippen LogP contribution in [0.5, 0.6) is 0 Å². The summed E-state index contributed by atoms with van der Waals surface area (Å²) in [5.41, 5.74) is -0.727. The van der Waals surface area contributed by atoms with Gasteiger partial charge in [-0.2, -0.15) is 0 Å². The van der Waals surface area contributed by atoms with Gasteiger partial charge in [0.2, 0.25) is 5.91 Å². The number of nitrogens with zero attached hydrogens (tertiary/aromatic N) is 1. The van der Waals surface area contributed by atoms with E-state index in [1.54, 1.807) is 13.0 Å². The fourth-order valence-corrected chi connectivity index (χ4v) is 3.45. The molecule has 1 aliphatic heterocycles. The van der Waals surface area contributed by atoms with Gasteiger partial charge >= 0.3 is 6.03 Å². The Hall–Kier alpha value is -3.81. The Kier molecular flexibility index (Phi) is 4.69. The normalized spacial score (nSPS) is 18.6. The molecule has 1 aliphatic rings. The van der Waals surface area contributed by atoms with Crippen LogP contribution in [-0.4, -0.2) is 29.3 Å². The van der Waals surface area contributed by atoms with Gasteiger partial charge in [0.25, 0.3) is 5.91 Å². The van der Waals surface area contributed by atoms with E-state index in [9.17, 15) is 23.2 Å². The molecule has 8 heteroatoms. The fraction of sp³-hybridized carbons (Fsp3) is 0.136. The molecule has 0 aromatic heterocycles. The van der Waals surface area contributed by atoms with Crippen molar-refractivity contribution in [1.29, 1.82) is 0 Å². The third kappa shape index (κ3) is 3.36. The molecule has 1 heterocycles. The van der Waals surface area contributed by atoms with Gasteiger partial charge in [-0.25, -0.2) is 13.6 Å². The summed E-state index contributed by atoms with van der Waals surface area (Å²) in [6.07, 6.45) is 0. The van der Waals surface area contributed by atoms with E-state index in [-0.39, 0.29) is 5.69 Å². The Morgan fingerprint density at radius 3 is 2.47 bits per heavy atom. The molecular formula is C22H17F2N3O3. The summed E-state index contributed by atoms with van der Waals surface area (Å²) in [5.74, 6) is -3.46. The maximum Gasteiger partial charge on any atom is 0.325 e. The number of amides is 4. The minimum Gasteiger partial charge on any atom is -0.324 e. The Morgan fingerprint density at radius 2 is 1.73 bits per heavy atom. The van der Waals surface area contributed by atoms with E-state index >= 15 is 0 Å². The number of rotatable bonds is 4. The number of carbonyl (C=O) groups excluding carboxylic acids is 3. The molecule has 0 radical (unpaired) electrons. The van der Waals surface area contributed by atoms with Gasteiger partial charge < -0.3 is 10.6 Å². The number of benzene rings is 3. The van der Waals surface area contributed by atoms with Gasteiger partial charge in [-0.3, -0.25) is 14.5 Å². The second kappa shape index (κ2) is 7.22. The highest BCUT2D eigenvalue weighted by atomic mass is 19.2. The molecular weight excluding hydrogens is 392 g/mol. The maximum absolute atomic E-state index is 13.3. The lowest BCUT2D eigenvalue weighted by atomic mass is 9.90. The molecule has 0 bridgehead atoms. The molecule has 0 spiro atoms. The van der Waals surface area contributed by atoms with Crippen molar-refractivity contribution < 1.29 is 23.2 Å². The van der Waals surface area contributed by atoms with Gasteiger partial charge in [0.05, 0.1) is 0 Å². The summed E-state index contributed by atoms with van der Waals surface area (Å²) in [4.78, 5) is 38.5. The highest BCUT2D eigenvalue weighted by Crippen LogP contribution is 2.31. The second-order valence-electron chi connectivity index (χ2n) is 7.19. The molecule has 3 aromatic carbocycles. The highest BCUT2D eigenvalue weighted by Gasteiger charge is 2.49. The zero-order chi connectivity index (χ0) is 21.5. The first-order valence-electron chi connectivity index (χ1n) is 9.16. The minimum atomic E-state index is -1.33. The van der Waals surface area contributed by atoms with E-state index in [0.717, 1.165) is 27.8 Å². The largest absolute Gasteiger partial charge is 0.325 e. The smallest absolute Gasteiger partial charge is 0.324 e. The topological polar surface area (TPSA) is 78.5 Å². The molecule has 4 rings (SSSR count). The Morgan fingerprint density at radius 1 is 1.00 bits per heavy atom. The van der Waals surface area contributed by atoms with E-state index in [1.807, 2.05) is 36.4 Å². The minimum absolute atomic E-state index is 0.0169. The van der Waals surface area contributed by atoms with Crippen molar-refractivity contribution in [2.24, 2.45) is 0 Å². The van der Waals surface area contributed by atoms with Crippen molar-refractivity contribution >= 4 is 34.3 Å². The molecule has 1 unspecified atom stereocenters. The summed E-state index contributed by atoms with van der Waals surface area (Å²) in [5, 5.41) is 6.89. The summed E-state index contributed by atoms with van der Waals surface area (Å²) < 4.78 is 26.3. The predicted octanol–water partition coefficient (Wildman–Crippen LogP) is 3.52. The molecule has 30 heavy (non-hydrogen) atoms. The first kappa shape index (κ1) is 19.5. The van der Waals surface area contributed by atoms with Gasteiger partial charge in [-0.05, 0) is 41.5 Å². The standard InChI is InChI=1S/C22H17F2N3O3/c1-22(15-7-6-13-4-2-3-5-14(13)10-15)20(29)27(21(30)26-22)12-19(28)25-16-8-9-17(23)18(24)11-16/h2-11H,12H2,1H3,(H,25,28)(H,26,30). The van der Waals surface area contributed by atoms with Crippen molar-refractivity contribution in [3.05, 3.63) is 77.9 Å². The zero-order valence-corrected chi connectivity index (χ0v) is 15.9. The Labute approximate surface area is 170 Å². The van der Waals surface area contributed by atoms with E-state index in [2.05, 4.69) is 10.6 Å². The lowest BCUT2D eigenvalue weighted by Crippen LogP contribution is -2.42. The van der Waals surface area contributed by atoms with Crippen LogP contribution in [0.3, 0.4) is 0 Å². The summed E-state index contributed by atoms with van der Waals surface area (Å²) in [6, 6.07) is 15.2. The molecule has 152 valence electrons. The number of anilines is 1. The highest BCUT2D eigenvalue weighted by molar-refractivity contribution is 6.10. The number of nitrogens with one attached hydrogen (secondary N) is 2. The monoisotopic (exact) mass is 409 g/mol. The lowest BCUT2D eigenvalue weighted by Gasteiger charge is -2.22. The average molecular weight is 409 g/mol. The van der Waals surface area contributed by atoms with Crippen molar-refractivity contribution in [2.75, 3.05) is 11.9 Å². The molecule has 0 saturated carbocycles. The van der Waals surface area contributed by atoms with Gasteiger partial charge in [0, 0.05) is 11.8 Å². The summed E-state index contributed by atoms with van der Waals surface area (Å²) >= 11 is 0. The Balaban J connectivity index is 1.53. The molecule has 3 aromatic rings. The van der Waals surface area contributed by atoms with Crippen molar-refractivity contribution in [3.8, 4) is 0 Å². The number of imide groups is 1. The van der Waals surface area contributed by atoms with Crippen LogP contribution in [0.4, 0.5) is 19.3 Å². The quantitative estimate of drug-likeness (QED) is 0.647. The number of fused-ring (bicyclic) bond motifs is 1. The van der Waals surface area contributed by atoms with Crippen LogP contribution in [0, 0.1) is 11.6 Å². The lowest BCUT2D eigenvalue weighted by molar-refractivity contribution is -0.133. The fourth-order valence-electron chi connectivity index (χ4n) is 3.45. The molecule has 2 N–H and O–H groups in total. The van der Waals surface area contributed by atoms with Crippen molar-refractivity contribution in [1.82, 2.24) is 10.2 Å². The molecule has 4 amide bonds. The molecule has 1 saturated heterocycles. The van der Waals surface area contributed by atoms with Gasteiger partial charge in [0.15, 0.2) is 11.6 Å². The van der Waals surface area contributed by atoms with Crippen molar-refractivity contribution in [3.63, 3.8) is 0 Å². The molecule has 1 atom stereocenters. The van der Waals surface area contributed by atoms with E-state index in [0.29, 0.717) is 5.56 Å². The summed E-state index contributed by atoms with van der Waals surface area (Å²) in [6.45, 7) is 1.01. The predicted molar refractivity (Wildman–Crippen MR) is 107 cm³/mol. The van der Waals surface area contributed by atoms with Gasteiger partial charge in [0.1, 0.15) is 12.1 Å². The van der Waals surface area contributed by atoms with E-state index in [1.165, 1.54) is 6.07 Å². The first-order valence-corrected chi connectivity index (χ1v) is 9.16. The number of urea groups is 1. The number of halogens is 2. The SMILES string of the molecule is CC1(c2ccc3ccccc3c2)NC(=O)N(CC(=O)Nc2ccc(F)c(F)c2)C1=O. The summed E-state index contributed by atoms with van der Waals surface area (Å²) in [7, 11) is 0. The van der Waals surface area contributed by atoms with Crippen molar-refractivity contribution in [2.45, 2.75) is 12.5 Å². The second-order valence-corrected chi connectivity index (χ2v) is 7.19. The van der Waals surface area contributed by atoms with E-state index in [4.69, 9.17) is 0 Å². The number of carbonyl (C=O) groups is 3. The third-order valence-electron chi connectivity index (χ3n) is 5.11. The molecule has 1 fully saturated rings. The number of hydrogen-bond acceptors (Lipinski definition) is 3. The van der Waals surface area contributed by atoms with Gasteiger partial charge in [-0.15, -0.1) is 0 Å². The molecule has 0 aliphatic carbocycles. The van der Waals surface area contributed by atoms with Crippen LogP contribution in [0.15, 0.2) is 60.7 Å². The van der Waals surface area contributed by atoms with Crippen LogP contribution >= 0.6 is 0 Å². The van der Waals surface area contributed by atoms with Crippen LogP contribution in [-0.2, 0) is 15.1 Å². The van der Waals surface area contributed by atoms with E-state index < -0.39 is 41.6 Å². The van der Waals surface area contributed by atoms with Crippen LogP contribution in [0.2, 0.25) is 0 Å². The van der Waals surface area contributed by atoms with Crippen LogP contribution < -0.4 is 10.6 Å². The van der Waals surface area contributed by atoms with Crippen LogP contribution in [0.1, 0.15) is 12.5 Å². The zero-order valence-electron chi connectivity index (χ0n) is 15.9. The maximum atomic E-state index is 13.3. The number of hydrogen-bond donors (Lipinski definition) is 2. The van der Waals surface area contributed by atoms with Gasteiger partial charge in [-0.1, -0.05) is 36.4 Å². The Bertz CT molecular complexity index is 1200. The average Bonchev–Trinajstić information content (AvgIpc) is 2.94. The van der Waals surface area contributed by atoms with Crippen LogP contribution in [0.25, 0.3) is 10.8 Å². The first-order chi connectivity index (χ1) is 14.3. The molecule has 6 nitrogen and oxygen atoms in total.